The second-order valence-corrected chi connectivity index (χ2v) is 8.37. The van der Waals surface area contributed by atoms with E-state index >= 15 is 0 Å². The fourth-order valence-electron chi connectivity index (χ4n) is 3.84. The van der Waals surface area contributed by atoms with Crippen molar-refractivity contribution in [1.82, 2.24) is 10.3 Å². The van der Waals surface area contributed by atoms with Gasteiger partial charge >= 0.3 is 0 Å². The maximum absolute atomic E-state index is 12.4. The van der Waals surface area contributed by atoms with Gasteiger partial charge in [0.25, 0.3) is 0 Å². The summed E-state index contributed by atoms with van der Waals surface area (Å²) in [5, 5.41) is 4.38. The number of hydrogen-bond acceptors (Lipinski definition) is 4. The monoisotopic (exact) mass is 379 g/mol. The third kappa shape index (κ3) is 4.30. The van der Waals surface area contributed by atoms with Crippen molar-refractivity contribution in [3.05, 3.63) is 58.6 Å². The van der Waals surface area contributed by atoms with Crippen molar-refractivity contribution < 1.29 is 4.79 Å². The molecule has 1 atom stereocenters. The second-order valence-electron chi connectivity index (χ2n) is 7.25. The number of amides is 1. The Morgan fingerprint density at radius 2 is 2.11 bits per heavy atom. The molecule has 3 aromatic rings. The van der Waals surface area contributed by atoms with E-state index in [1.807, 2.05) is 24.3 Å². The molecule has 1 amide bonds. The van der Waals surface area contributed by atoms with Crippen molar-refractivity contribution in [2.45, 2.75) is 51.0 Å². The lowest BCUT2D eigenvalue weighted by atomic mass is 9.87. The summed E-state index contributed by atoms with van der Waals surface area (Å²) >= 11 is 1.76. The first-order valence-electron chi connectivity index (χ1n) is 9.71. The van der Waals surface area contributed by atoms with Gasteiger partial charge in [0.15, 0.2) is 0 Å². The Kier molecular flexibility index (Phi) is 5.39. The number of rotatable bonds is 6. The molecule has 1 heterocycles. The Morgan fingerprint density at radius 3 is 3.00 bits per heavy atom. The number of thiazole rings is 1. The molecule has 4 nitrogen and oxygen atoms in total. The molecule has 0 aliphatic heterocycles. The Labute approximate surface area is 163 Å². The zero-order valence-electron chi connectivity index (χ0n) is 15.4. The summed E-state index contributed by atoms with van der Waals surface area (Å²) < 4.78 is 1.24. The molecule has 2 aromatic carbocycles. The van der Waals surface area contributed by atoms with Crippen LogP contribution < -0.4 is 11.1 Å². The third-order valence-corrected chi connectivity index (χ3v) is 6.30. The molecule has 4 rings (SSSR count). The average Bonchev–Trinajstić information content (AvgIpc) is 3.08. The maximum Gasteiger partial charge on any atom is 0.220 e. The number of nitrogens with two attached hydrogens (primary N) is 1. The molecule has 1 aliphatic carbocycles. The van der Waals surface area contributed by atoms with Crippen molar-refractivity contribution in [2.24, 2.45) is 0 Å². The molecule has 0 spiro atoms. The number of aryl methyl sites for hydroxylation is 2. The Bertz CT molecular complexity index is 917. The van der Waals surface area contributed by atoms with E-state index in [9.17, 15) is 4.79 Å². The number of para-hydroxylation sites is 1. The number of carbonyl (C=O) groups is 1. The molecule has 0 saturated carbocycles. The van der Waals surface area contributed by atoms with Crippen LogP contribution in [0, 0.1) is 0 Å². The van der Waals surface area contributed by atoms with Crippen LogP contribution in [0.15, 0.2) is 42.5 Å². The fourth-order valence-corrected chi connectivity index (χ4v) is 4.85. The van der Waals surface area contributed by atoms with Gasteiger partial charge in [-0.05, 0) is 73.9 Å². The highest BCUT2D eigenvalue weighted by Crippen LogP contribution is 2.31. The van der Waals surface area contributed by atoms with Crippen molar-refractivity contribution in [3.8, 4) is 0 Å². The minimum absolute atomic E-state index is 0.131. The van der Waals surface area contributed by atoms with Gasteiger partial charge in [0.2, 0.25) is 5.91 Å². The van der Waals surface area contributed by atoms with Gasteiger partial charge in [-0.1, -0.05) is 18.2 Å². The van der Waals surface area contributed by atoms with Crippen LogP contribution in [0.4, 0.5) is 5.69 Å². The largest absolute Gasteiger partial charge is 0.399 e. The number of fused-ring (bicyclic) bond motifs is 2. The molecular formula is C22H25N3OS. The highest BCUT2D eigenvalue weighted by Gasteiger charge is 2.21. The molecule has 27 heavy (non-hydrogen) atoms. The van der Waals surface area contributed by atoms with E-state index in [1.54, 1.807) is 11.3 Å². The molecule has 1 unspecified atom stereocenters. The lowest BCUT2D eigenvalue weighted by Gasteiger charge is -2.26. The predicted octanol–water partition coefficient (Wildman–Crippen LogP) is 4.79. The number of anilines is 1. The van der Waals surface area contributed by atoms with E-state index in [-0.39, 0.29) is 11.9 Å². The number of nitrogens with zero attached hydrogens (tertiary/aromatic N) is 1. The van der Waals surface area contributed by atoms with Gasteiger partial charge in [-0.2, -0.15) is 0 Å². The standard InChI is InChI=1S/C22H25N3OS/c23-16-12-13-17-15(14-16)6-5-8-18(17)24-21(26)10-3-4-11-22-25-19-7-1-2-9-20(19)27-22/h1-2,7,9,12-14,18H,3-6,8,10-11,23H2,(H,24,26). The van der Waals surface area contributed by atoms with Crippen molar-refractivity contribution in [1.29, 1.82) is 0 Å². The number of nitrogen functional groups attached to an aromatic ring is 1. The van der Waals surface area contributed by atoms with Crippen LogP contribution in [0.2, 0.25) is 0 Å². The topological polar surface area (TPSA) is 68.0 Å². The molecule has 0 saturated heterocycles. The van der Waals surface area contributed by atoms with Crippen molar-refractivity contribution >= 4 is 33.1 Å². The first-order valence-corrected chi connectivity index (χ1v) is 10.5. The third-order valence-electron chi connectivity index (χ3n) is 5.20. The number of benzene rings is 2. The summed E-state index contributed by atoms with van der Waals surface area (Å²) in [4.78, 5) is 17.1. The van der Waals surface area contributed by atoms with Gasteiger partial charge in [0, 0.05) is 12.1 Å². The van der Waals surface area contributed by atoms with Gasteiger partial charge in [-0.15, -0.1) is 11.3 Å². The van der Waals surface area contributed by atoms with Gasteiger partial charge in [0.1, 0.15) is 0 Å². The molecule has 0 radical (unpaired) electrons. The summed E-state index contributed by atoms with van der Waals surface area (Å²) in [6.07, 6.45) is 6.56. The molecule has 1 aromatic heterocycles. The lowest BCUT2D eigenvalue weighted by molar-refractivity contribution is -0.122. The molecule has 0 bridgehead atoms. The minimum atomic E-state index is 0.131. The van der Waals surface area contributed by atoms with E-state index in [4.69, 9.17) is 5.73 Å². The number of unbranched alkanes of at least 4 members (excludes halogenated alkanes) is 1. The van der Waals surface area contributed by atoms with E-state index in [2.05, 4.69) is 28.5 Å². The van der Waals surface area contributed by atoms with Crippen LogP contribution in [0.1, 0.15) is 54.3 Å². The number of carbonyl (C=O) groups excluding carboxylic acids is 1. The second kappa shape index (κ2) is 8.09. The number of hydrogen-bond donors (Lipinski definition) is 2. The predicted molar refractivity (Wildman–Crippen MR) is 112 cm³/mol. The summed E-state index contributed by atoms with van der Waals surface area (Å²) in [6.45, 7) is 0. The van der Waals surface area contributed by atoms with Crippen LogP contribution >= 0.6 is 11.3 Å². The smallest absolute Gasteiger partial charge is 0.220 e. The Hall–Kier alpha value is -2.40. The van der Waals surface area contributed by atoms with Gasteiger partial charge < -0.3 is 11.1 Å². The summed E-state index contributed by atoms with van der Waals surface area (Å²) in [6, 6.07) is 14.4. The number of nitrogens with one attached hydrogen (secondary N) is 1. The molecule has 140 valence electrons. The van der Waals surface area contributed by atoms with Crippen LogP contribution in [-0.4, -0.2) is 10.9 Å². The fraction of sp³-hybridized carbons (Fsp3) is 0.364. The quantitative estimate of drug-likeness (QED) is 0.478. The first-order chi connectivity index (χ1) is 13.2. The van der Waals surface area contributed by atoms with E-state index in [0.717, 1.165) is 54.7 Å². The zero-order valence-corrected chi connectivity index (χ0v) is 16.2. The van der Waals surface area contributed by atoms with Crippen LogP contribution in [0.3, 0.4) is 0 Å². The number of aromatic nitrogens is 1. The SMILES string of the molecule is Nc1ccc2c(c1)CCCC2NC(=O)CCCCc1nc2ccccc2s1. The van der Waals surface area contributed by atoms with Gasteiger partial charge in [-0.3, -0.25) is 4.79 Å². The maximum atomic E-state index is 12.4. The van der Waals surface area contributed by atoms with E-state index < -0.39 is 0 Å². The van der Waals surface area contributed by atoms with Gasteiger partial charge in [0.05, 0.1) is 21.3 Å². The normalized spacial score (nSPS) is 16.2. The highest BCUT2D eigenvalue weighted by atomic mass is 32.1. The van der Waals surface area contributed by atoms with Crippen molar-refractivity contribution in [2.75, 3.05) is 5.73 Å². The molecule has 3 N–H and O–H groups in total. The van der Waals surface area contributed by atoms with Crippen molar-refractivity contribution in [3.63, 3.8) is 0 Å². The summed E-state index contributed by atoms with van der Waals surface area (Å²) in [5.74, 6) is 0.147. The highest BCUT2D eigenvalue weighted by molar-refractivity contribution is 7.18. The average molecular weight is 380 g/mol. The van der Waals surface area contributed by atoms with Crippen LogP contribution in [-0.2, 0) is 17.6 Å². The Morgan fingerprint density at radius 1 is 1.22 bits per heavy atom. The van der Waals surface area contributed by atoms with E-state index in [0.29, 0.717) is 6.42 Å². The van der Waals surface area contributed by atoms with E-state index in [1.165, 1.54) is 15.8 Å². The molecule has 0 fully saturated rings. The zero-order chi connectivity index (χ0) is 18.6. The molecular weight excluding hydrogens is 354 g/mol. The van der Waals surface area contributed by atoms with Crippen LogP contribution in [0.25, 0.3) is 10.2 Å². The molecule has 5 heteroatoms. The minimum Gasteiger partial charge on any atom is -0.399 e. The Balaban J connectivity index is 1.26. The lowest BCUT2D eigenvalue weighted by Crippen LogP contribution is -2.30. The summed E-state index contributed by atoms with van der Waals surface area (Å²) in [5.41, 5.74) is 10.3. The first kappa shape index (κ1) is 18.0. The molecule has 1 aliphatic rings. The van der Waals surface area contributed by atoms with Gasteiger partial charge in [-0.25, -0.2) is 4.98 Å². The van der Waals surface area contributed by atoms with Crippen LogP contribution in [0.5, 0.6) is 0 Å². The summed E-state index contributed by atoms with van der Waals surface area (Å²) in [7, 11) is 0.